The predicted octanol–water partition coefficient (Wildman–Crippen LogP) is 6.90. The number of benzene rings is 3. The van der Waals surface area contributed by atoms with Crippen LogP contribution in [0.3, 0.4) is 0 Å². The second-order valence-electron chi connectivity index (χ2n) is 8.32. The number of unbranched alkanes of at least 4 members (excludes halogenated alkanes) is 1. The molecule has 0 atom stereocenters. The van der Waals surface area contributed by atoms with Gasteiger partial charge in [0, 0.05) is 22.7 Å². The van der Waals surface area contributed by atoms with Crippen LogP contribution in [-0.2, 0) is 6.42 Å². The topological polar surface area (TPSA) is 38.5 Å². The zero-order chi connectivity index (χ0) is 22.8. The first-order chi connectivity index (χ1) is 16.2. The minimum absolute atomic E-state index is 0.0392. The van der Waals surface area contributed by atoms with E-state index in [0.717, 1.165) is 34.7 Å². The van der Waals surface area contributed by atoms with Crippen molar-refractivity contribution in [1.29, 1.82) is 0 Å². The van der Waals surface area contributed by atoms with Gasteiger partial charge in [0.05, 0.1) is 16.8 Å². The number of rotatable bonds is 7. The molecule has 0 saturated heterocycles. The van der Waals surface area contributed by atoms with E-state index in [2.05, 4.69) is 6.92 Å². The van der Waals surface area contributed by atoms with E-state index in [9.17, 15) is 9.59 Å². The zero-order valence-electron chi connectivity index (χ0n) is 18.6. The highest BCUT2D eigenvalue weighted by molar-refractivity contribution is 6.22. The summed E-state index contributed by atoms with van der Waals surface area (Å²) < 4.78 is 1.94. The van der Waals surface area contributed by atoms with Crippen molar-refractivity contribution in [2.45, 2.75) is 26.2 Å². The molecule has 33 heavy (non-hydrogen) atoms. The Kier molecular flexibility index (Phi) is 5.62. The van der Waals surface area contributed by atoms with E-state index in [1.54, 1.807) is 0 Å². The van der Waals surface area contributed by atoms with Crippen molar-refractivity contribution in [3.05, 3.63) is 125 Å². The van der Waals surface area contributed by atoms with Gasteiger partial charge in [-0.1, -0.05) is 98.3 Å². The Labute approximate surface area is 193 Å². The van der Waals surface area contributed by atoms with Gasteiger partial charge in [0.1, 0.15) is 0 Å². The average Bonchev–Trinajstić information content (AvgIpc) is 3.22. The largest absolute Gasteiger partial charge is 0.312 e. The lowest BCUT2D eigenvalue weighted by Gasteiger charge is -2.07. The zero-order valence-corrected chi connectivity index (χ0v) is 18.6. The summed E-state index contributed by atoms with van der Waals surface area (Å²) in [5.74, 6) is -0.0956. The molecule has 3 heteroatoms. The number of aromatic nitrogens is 1. The van der Waals surface area contributed by atoms with Gasteiger partial charge in [0.15, 0.2) is 5.78 Å². The van der Waals surface area contributed by atoms with E-state index in [1.165, 1.54) is 0 Å². The van der Waals surface area contributed by atoms with Crippen LogP contribution < -0.4 is 0 Å². The van der Waals surface area contributed by atoms with E-state index in [-0.39, 0.29) is 11.6 Å². The molecule has 0 spiro atoms. The van der Waals surface area contributed by atoms with Gasteiger partial charge in [0.2, 0.25) is 5.78 Å². The number of hydrogen-bond donors (Lipinski definition) is 0. The van der Waals surface area contributed by atoms with Crippen LogP contribution in [0.4, 0.5) is 0 Å². The normalized spacial score (nSPS) is 11.2. The van der Waals surface area contributed by atoms with Gasteiger partial charge in [-0.2, -0.15) is 0 Å². The minimum Gasteiger partial charge on any atom is -0.312 e. The third-order valence-corrected chi connectivity index (χ3v) is 6.22. The van der Waals surface area contributed by atoms with Crippen LogP contribution in [0.1, 0.15) is 57.3 Å². The van der Waals surface area contributed by atoms with Crippen molar-refractivity contribution in [3.63, 3.8) is 0 Å². The van der Waals surface area contributed by atoms with E-state index >= 15 is 0 Å². The summed E-state index contributed by atoms with van der Waals surface area (Å²) in [5.41, 5.74) is 4.15. The van der Waals surface area contributed by atoms with Crippen molar-refractivity contribution in [3.8, 4) is 0 Å². The third kappa shape index (κ3) is 3.66. The molecule has 5 aromatic rings. The van der Waals surface area contributed by atoms with Crippen LogP contribution in [0.2, 0.25) is 0 Å². The molecule has 0 aliphatic rings. The van der Waals surface area contributed by atoms with Crippen molar-refractivity contribution in [2.24, 2.45) is 0 Å². The van der Waals surface area contributed by atoms with Crippen LogP contribution in [0, 0.1) is 0 Å². The lowest BCUT2D eigenvalue weighted by molar-refractivity contribution is 0.103. The summed E-state index contributed by atoms with van der Waals surface area (Å²) in [6.07, 6.45) is 4.49. The molecule has 0 amide bonds. The summed E-state index contributed by atoms with van der Waals surface area (Å²) in [4.78, 5) is 27.8. The van der Waals surface area contributed by atoms with Gasteiger partial charge in [-0.15, -0.1) is 0 Å². The van der Waals surface area contributed by atoms with Gasteiger partial charge in [-0.3, -0.25) is 9.59 Å². The fourth-order valence-electron chi connectivity index (χ4n) is 4.61. The monoisotopic (exact) mass is 431 g/mol. The Hall–Kier alpha value is -3.98. The minimum atomic E-state index is -0.0564. The second-order valence-corrected chi connectivity index (χ2v) is 8.32. The molecule has 3 nitrogen and oxygen atoms in total. The van der Waals surface area contributed by atoms with Crippen LogP contribution >= 0.6 is 0 Å². The Balaban J connectivity index is 1.89. The lowest BCUT2D eigenvalue weighted by Crippen LogP contribution is -2.10. The standard InChI is InChI=1S/C30H25NO2/c1-2-3-17-25-26(29(32)22-13-6-4-7-14-22)27-24-18-11-10-12-21(24)19-20-31(27)28(25)30(33)23-15-8-5-9-16-23/h4-16,18-20H,2-3,17H2,1H3. The molecule has 162 valence electrons. The number of hydrogen-bond acceptors (Lipinski definition) is 2. The van der Waals surface area contributed by atoms with Crippen LogP contribution in [0.25, 0.3) is 16.3 Å². The Morgan fingerprint density at radius 1 is 0.727 bits per heavy atom. The van der Waals surface area contributed by atoms with Gasteiger partial charge in [0.25, 0.3) is 0 Å². The molecule has 5 rings (SSSR count). The smallest absolute Gasteiger partial charge is 0.210 e. The van der Waals surface area contributed by atoms with Gasteiger partial charge in [-0.25, -0.2) is 0 Å². The summed E-state index contributed by atoms with van der Waals surface area (Å²) in [7, 11) is 0. The molecule has 0 fully saturated rings. The third-order valence-electron chi connectivity index (χ3n) is 6.22. The summed E-state index contributed by atoms with van der Waals surface area (Å²) >= 11 is 0. The molecule has 0 bridgehead atoms. The maximum Gasteiger partial charge on any atom is 0.210 e. The Bertz CT molecular complexity index is 1460. The number of pyridine rings is 1. The number of fused-ring (bicyclic) bond motifs is 3. The van der Waals surface area contributed by atoms with Crippen molar-refractivity contribution in [2.75, 3.05) is 0 Å². The van der Waals surface area contributed by atoms with E-state index in [0.29, 0.717) is 28.8 Å². The molecule has 0 aliphatic carbocycles. The molecule has 0 N–H and O–H groups in total. The SMILES string of the molecule is CCCCc1c(C(=O)c2ccccc2)c2c3ccccc3ccn2c1C(=O)c1ccccc1. The second kappa shape index (κ2) is 8.87. The van der Waals surface area contributed by atoms with E-state index in [4.69, 9.17) is 0 Å². The molecule has 0 saturated carbocycles. The molecule has 0 aliphatic heterocycles. The van der Waals surface area contributed by atoms with Gasteiger partial charge < -0.3 is 4.40 Å². The average molecular weight is 432 g/mol. The molecular weight excluding hydrogens is 406 g/mol. The van der Waals surface area contributed by atoms with Crippen molar-refractivity contribution in [1.82, 2.24) is 4.40 Å². The first-order valence-corrected chi connectivity index (χ1v) is 11.4. The fraction of sp³-hybridized carbons (Fsp3) is 0.133. The fourth-order valence-corrected chi connectivity index (χ4v) is 4.61. The van der Waals surface area contributed by atoms with Gasteiger partial charge in [-0.05, 0) is 29.9 Å². The summed E-state index contributed by atoms with van der Waals surface area (Å²) in [6, 6.07) is 28.8. The Morgan fingerprint density at radius 3 is 2.00 bits per heavy atom. The lowest BCUT2D eigenvalue weighted by atomic mass is 9.93. The van der Waals surface area contributed by atoms with Crippen LogP contribution in [0.5, 0.6) is 0 Å². The van der Waals surface area contributed by atoms with Crippen LogP contribution in [-0.4, -0.2) is 16.0 Å². The maximum atomic E-state index is 13.9. The van der Waals surface area contributed by atoms with Crippen molar-refractivity contribution < 1.29 is 9.59 Å². The number of nitrogens with zero attached hydrogens (tertiary/aromatic N) is 1. The Morgan fingerprint density at radius 2 is 1.33 bits per heavy atom. The number of carbonyl (C=O) groups excluding carboxylic acids is 2. The molecular formula is C30H25NO2. The summed E-state index contributed by atoms with van der Waals surface area (Å²) in [5, 5.41) is 2.02. The quantitative estimate of drug-likeness (QED) is 0.263. The van der Waals surface area contributed by atoms with Crippen LogP contribution in [0.15, 0.2) is 97.2 Å². The first kappa shape index (κ1) is 20.9. The highest BCUT2D eigenvalue weighted by Gasteiger charge is 2.28. The molecule has 2 heterocycles. The summed E-state index contributed by atoms with van der Waals surface area (Å²) in [6.45, 7) is 2.13. The molecule has 3 aromatic carbocycles. The number of carbonyl (C=O) groups is 2. The predicted molar refractivity (Wildman–Crippen MR) is 133 cm³/mol. The van der Waals surface area contributed by atoms with E-state index in [1.807, 2.05) is 102 Å². The first-order valence-electron chi connectivity index (χ1n) is 11.4. The van der Waals surface area contributed by atoms with E-state index < -0.39 is 0 Å². The highest BCUT2D eigenvalue weighted by Crippen LogP contribution is 2.34. The maximum absolute atomic E-state index is 13.9. The molecule has 0 radical (unpaired) electrons. The number of ketones is 2. The molecule has 0 unspecified atom stereocenters. The molecule has 2 aromatic heterocycles. The van der Waals surface area contributed by atoms with Crippen molar-refractivity contribution >= 4 is 27.9 Å². The highest BCUT2D eigenvalue weighted by atomic mass is 16.1. The van der Waals surface area contributed by atoms with Gasteiger partial charge >= 0.3 is 0 Å².